The third-order valence-corrected chi connectivity index (χ3v) is 13.7. The van der Waals surface area contributed by atoms with Crippen molar-refractivity contribution in [2.24, 2.45) is 10.8 Å². The van der Waals surface area contributed by atoms with Crippen molar-refractivity contribution in [3.05, 3.63) is 101 Å². The van der Waals surface area contributed by atoms with Crippen molar-refractivity contribution >= 4 is 35.8 Å². The molecule has 6 N–H and O–H groups in total. The van der Waals surface area contributed by atoms with Crippen LogP contribution >= 0.6 is 0 Å². The minimum absolute atomic E-state index is 0.0392. The van der Waals surface area contributed by atoms with Gasteiger partial charge in [0.15, 0.2) is 0 Å². The number of aromatic nitrogens is 3. The number of fused-ring (bicyclic) bond motifs is 2. The van der Waals surface area contributed by atoms with E-state index in [2.05, 4.69) is 36.9 Å². The number of hydrogen-bond donors (Lipinski definition) is 6. The standard InChI is InChI=1S/C51H53F13N10O8/c1-47(2,50(59,60)61)39(69-46(80)81-5)41(75)67-36(18-27-9-6-26(7-10-27)8-11-28-12-15-38(65-21-28)72-22-30-13-14-31(23-72)66-30)37(82-43(77)49(56,57)58)25-73(71-42(76)40(68-45(78)79)48(3,4)51(62,63)64)24-32-33(52)19-29(20-34(32)53)35-16-17-74(70-35)44(54)55/h6-7,9-10,12,15-17,19-21,30-31,36-37,39-40,44,66,68H,13-14,18,22-25H2,1-5H3,(H,67,75)(H,69,80)(H,71,76)(H,78,79)/t30?,31?,36-,37-,39+,40+/m0/s1. The van der Waals surface area contributed by atoms with Gasteiger partial charge in [-0.25, -0.2) is 37.8 Å². The highest BCUT2D eigenvalue weighted by molar-refractivity contribution is 5.87. The van der Waals surface area contributed by atoms with Crippen LogP contribution in [-0.2, 0) is 36.8 Å². The van der Waals surface area contributed by atoms with Crippen LogP contribution in [0.4, 0.5) is 72.5 Å². The highest BCUT2D eigenvalue weighted by Crippen LogP contribution is 2.42. The van der Waals surface area contributed by atoms with Gasteiger partial charge in [-0.3, -0.25) is 15.0 Å². The number of anilines is 1. The third kappa shape index (κ3) is 15.6. The van der Waals surface area contributed by atoms with Gasteiger partial charge in [0.25, 0.3) is 5.91 Å². The Morgan fingerprint density at radius 3 is 1.85 bits per heavy atom. The van der Waals surface area contributed by atoms with Crippen molar-refractivity contribution in [1.29, 1.82) is 0 Å². The normalized spacial score (nSPS) is 17.2. The van der Waals surface area contributed by atoms with E-state index in [0.717, 1.165) is 44.0 Å². The smallest absolute Gasteiger partial charge is 0.465 e. The molecule has 4 aromatic rings. The number of pyridine rings is 1. The molecule has 446 valence electrons. The molecule has 0 aliphatic carbocycles. The number of nitrogens with zero attached hydrogens (tertiary/aromatic N) is 5. The lowest BCUT2D eigenvalue weighted by molar-refractivity contribution is -0.221. The first-order valence-electron chi connectivity index (χ1n) is 24.6. The molecule has 82 heavy (non-hydrogen) atoms. The molecule has 4 amide bonds. The molecular weight excluding hydrogens is 1130 g/mol. The van der Waals surface area contributed by atoms with Crippen LogP contribution in [-0.4, -0.2) is 136 Å². The van der Waals surface area contributed by atoms with Gasteiger partial charge in [0.1, 0.15) is 35.6 Å². The number of alkyl carbamates (subject to hydrolysis) is 1. The Morgan fingerprint density at radius 2 is 1.35 bits per heavy atom. The first kappa shape index (κ1) is 63.3. The third-order valence-electron chi connectivity index (χ3n) is 13.7. The molecule has 0 saturated carbocycles. The van der Waals surface area contributed by atoms with Crippen LogP contribution in [0.15, 0.2) is 67.0 Å². The Hall–Kier alpha value is -7.88. The minimum atomic E-state index is -5.96. The zero-order valence-electron chi connectivity index (χ0n) is 43.8. The van der Waals surface area contributed by atoms with Gasteiger partial charge >= 0.3 is 43.2 Å². The number of hydrogen-bond acceptors (Lipinski definition) is 12. The largest absolute Gasteiger partial charge is 0.490 e. The van der Waals surface area contributed by atoms with Gasteiger partial charge in [-0.1, -0.05) is 24.0 Å². The number of benzene rings is 2. The first-order valence-corrected chi connectivity index (χ1v) is 24.6. The second-order valence-corrected chi connectivity index (χ2v) is 20.3. The highest BCUT2D eigenvalue weighted by Gasteiger charge is 2.57. The predicted octanol–water partition coefficient (Wildman–Crippen LogP) is 7.53. The molecule has 18 nitrogen and oxygen atoms in total. The zero-order valence-corrected chi connectivity index (χ0v) is 43.8. The van der Waals surface area contributed by atoms with Crippen molar-refractivity contribution in [2.45, 2.75) is 115 Å². The lowest BCUT2D eigenvalue weighted by atomic mass is 9.82. The number of esters is 1. The summed E-state index contributed by atoms with van der Waals surface area (Å²) in [5.41, 5.74) is -6.36. The molecule has 31 heteroatoms. The van der Waals surface area contributed by atoms with Gasteiger partial charge in [-0.05, 0) is 95.0 Å². The monoisotopic (exact) mass is 1180 g/mol. The second kappa shape index (κ2) is 25.1. The Labute approximate surface area is 458 Å². The van der Waals surface area contributed by atoms with Crippen LogP contribution in [0, 0.1) is 34.3 Å². The molecule has 2 aromatic heterocycles. The number of rotatable bonds is 19. The number of nitrogens with one attached hydrogen (secondary N) is 5. The second-order valence-electron chi connectivity index (χ2n) is 20.3. The van der Waals surface area contributed by atoms with E-state index in [1.165, 1.54) is 35.8 Å². The van der Waals surface area contributed by atoms with E-state index < -0.39 is 138 Å². The molecule has 6 atom stereocenters. The molecule has 0 radical (unpaired) electrons. The summed E-state index contributed by atoms with van der Waals surface area (Å²) in [4.78, 5) is 72.0. The first-order chi connectivity index (χ1) is 38.1. The molecule has 2 saturated heterocycles. The van der Waals surface area contributed by atoms with E-state index >= 15 is 8.78 Å². The Kier molecular flexibility index (Phi) is 19.4. The van der Waals surface area contributed by atoms with Gasteiger partial charge in [0.2, 0.25) is 5.91 Å². The summed E-state index contributed by atoms with van der Waals surface area (Å²) in [5, 5.41) is 21.7. The average molecular weight is 1180 g/mol. The zero-order chi connectivity index (χ0) is 60.9. The number of hydrazine groups is 1. The summed E-state index contributed by atoms with van der Waals surface area (Å²) in [6, 6.07) is 3.34. The molecule has 0 spiro atoms. The SMILES string of the molecule is COC(=O)N[C@H](C(=O)N[C@@H](Cc1ccc(C#Cc2ccc(N3CC4CCC(C3)N4)nc2)cc1)[C@H](CN(Cc1c(F)cc(-c2ccn(C(F)F)n2)cc1F)NC(=O)[C@@H](NC(=O)O)C(C)(C)C(F)(F)F)OC(=O)C(F)(F)F)C(C)(C)C(F)(F)F. The van der Waals surface area contributed by atoms with Crippen LogP contribution in [0.2, 0.25) is 0 Å². The molecule has 2 aliphatic rings. The van der Waals surface area contributed by atoms with Crippen molar-refractivity contribution in [2.75, 3.05) is 31.6 Å². The number of amides is 4. The van der Waals surface area contributed by atoms with Crippen LogP contribution in [0.5, 0.6) is 0 Å². The van der Waals surface area contributed by atoms with Crippen molar-refractivity contribution in [3.8, 4) is 23.1 Å². The van der Waals surface area contributed by atoms with Crippen LogP contribution < -0.4 is 31.6 Å². The van der Waals surface area contributed by atoms with Crippen LogP contribution in [0.3, 0.4) is 0 Å². The number of carboxylic acid groups (broad SMARTS) is 1. The van der Waals surface area contributed by atoms with Gasteiger partial charge in [-0.2, -0.15) is 53.4 Å². The number of piperazine rings is 1. The fourth-order valence-corrected chi connectivity index (χ4v) is 8.80. The average Bonchev–Trinajstić information content (AvgIpc) is 3.91. The number of carbonyl (C=O) groups excluding carboxylic acids is 4. The maximum atomic E-state index is 16.1. The molecule has 2 unspecified atom stereocenters. The Bertz CT molecular complexity index is 2980. The van der Waals surface area contributed by atoms with E-state index in [1.54, 1.807) is 22.9 Å². The lowest BCUT2D eigenvalue weighted by Crippen LogP contribution is -2.64. The van der Waals surface area contributed by atoms with E-state index in [1.807, 2.05) is 5.32 Å². The Balaban J connectivity index is 1.44. The maximum absolute atomic E-state index is 16.1. The molecule has 2 fully saturated rings. The van der Waals surface area contributed by atoms with Crippen molar-refractivity contribution < 1.29 is 95.6 Å². The van der Waals surface area contributed by atoms with E-state index in [-0.39, 0.29) is 20.8 Å². The summed E-state index contributed by atoms with van der Waals surface area (Å²) in [6.07, 6.45) is -19.9. The summed E-state index contributed by atoms with van der Waals surface area (Å²) in [5.74, 6) is -3.75. The van der Waals surface area contributed by atoms with Gasteiger partial charge in [0, 0.05) is 66.4 Å². The molecule has 4 heterocycles. The predicted molar refractivity (Wildman–Crippen MR) is 262 cm³/mol. The van der Waals surface area contributed by atoms with Crippen molar-refractivity contribution in [3.63, 3.8) is 0 Å². The maximum Gasteiger partial charge on any atom is 0.490 e. The van der Waals surface area contributed by atoms with E-state index in [9.17, 15) is 77.4 Å². The van der Waals surface area contributed by atoms with Crippen LogP contribution in [0.1, 0.15) is 69.3 Å². The quantitative estimate of drug-likeness (QED) is 0.0232. The summed E-state index contributed by atoms with van der Waals surface area (Å²) in [6.45, 7) is -3.28. The fourth-order valence-electron chi connectivity index (χ4n) is 8.80. The van der Waals surface area contributed by atoms with Gasteiger partial charge in [0.05, 0.1) is 36.2 Å². The van der Waals surface area contributed by atoms with Gasteiger partial charge in [-0.15, -0.1) is 0 Å². The van der Waals surface area contributed by atoms with E-state index in [0.29, 0.717) is 64.6 Å². The fraction of sp³-hybridized carbons (Fsp3) is 0.471. The molecule has 2 aliphatic heterocycles. The molecular formula is C51H53F13N10O8. The topological polar surface area (TPSA) is 221 Å². The summed E-state index contributed by atoms with van der Waals surface area (Å²) >= 11 is 0. The number of carbonyl (C=O) groups is 5. The number of methoxy groups -OCH3 is 1. The van der Waals surface area contributed by atoms with Crippen LogP contribution in [0.25, 0.3) is 11.3 Å². The number of ether oxygens (including phenoxy) is 2. The van der Waals surface area contributed by atoms with Gasteiger partial charge < -0.3 is 40.7 Å². The summed E-state index contributed by atoms with van der Waals surface area (Å²) < 4.78 is 198. The van der Waals surface area contributed by atoms with Crippen molar-refractivity contribution in [1.82, 2.24) is 46.5 Å². The highest BCUT2D eigenvalue weighted by atomic mass is 19.4. The minimum Gasteiger partial charge on any atom is -0.465 e. The lowest BCUT2D eigenvalue weighted by Gasteiger charge is -2.38. The summed E-state index contributed by atoms with van der Waals surface area (Å²) in [7, 11) is 0.702. The molecule has 2 bridgehead atoms. The molecule has 6 rings (SSSR count). The number of halogens is 13. The Morgan fingerprint density at radius 1 is 0.793 bits per heavy atom. The number of alkyl halides is 11. The van der Waals surface area contributed by atoms with E-state index in [4.69, 9.17) is 4.74 Å². The molecule has 2 aromatic carbocycles.